The number of pyridine rings is 2. The Morgan fingerprint density at radius 2 is 0.851 bits per heavy atom. The first kappa shape index (κ1) is 37.9. The van der Waals surface area contributed by atoms with Crippen molar-refractivity contribution in [3.05, 3.63) is 230 Å². The molecule has 2 heteroatoms. The molecule has 2 aliphatic carbocycles. The highest BCUT2D eigenvalue weighted by molar-refractivity contribution is 6.28. The summed E-state index contributed by atoms with van der Waals surface area (Å²) >= 11 is 0. The molecule has 0 atom stereocenters. The molecule has 312 valence electrons. The number of hydrogen-bond donors (Lipinski definition) is 0. The molecular formula is C65H42N2. The van der Waals surface area contributed by atoms with Crippen molar-refractivity contribution in [3.8, 4) is 89.1 Å². The van der Waals surface area contributed by atoms with Gasteiger partial charge in [0.1, 0.15) is 0 Å². The van der Waals surface area contributed by atoms with Crippen molar-refractivity contribution in [3.63, 3.8) is 0 Å². The van der Waals surface area contributed by atoms with Gasteiger partial charge in [0.2, 0.25) is 0 Å². The van der Waals surface area contributed by atoms with Gasteiger partial charge in [0.25, 0.3) is 0 Å². The van der Waals surface area contributed by atoms with Gasteiger partial charge < -0.3 is 0 Å². The van der Waals surface area contributed by atoms with Crippen LogP contribution in [0, 0.1) is 0 Å². The number of aromatic nitrogens is 2. The van der Waals surface area contributed by atoms with Gasteiger partial charge in [-0.3, -0.25) is 4.98 Å². The Bertz CT molecular complexity index is 3940. The predicted octanol–water partition coefficient (Wildman–Crippen LogP) is 17.4. The molecule has 0 unspecified atom stereocenters. The summed E-state index contributed by atoms with van der Waals surface area (Å²) in [6, 6.07) is 78.4. The average Bonchev–Trinajstić information content (AvgIpc) is 3.83. The van der Waals surface area contributed by atoms with Crippen LogP contribution >= 0.6 is 0 Å². The van der Waals surface area contributed by atoms with E-state index in [1.165, 1.54) is 111 Å². The topological polar surface area (TPSA) is 25.8 Å². The minimum absolute atomic E-state index is 0.192. The van der Waals surface area contributed by atoms with Gasteiger partial charge in [-0.25, -0.2) is 4.98 Å². The van der Waals surface area contributed by atoms with Gasteiger partial charge in [-0.2, -0.15) is 0 Å². The molecular weight excluding hydrogens is 809 g/mol. The lowest BCUT2D eigenvalue weighted by Gasteiger charge is -2.23. The number of benzene rings is 10. The maximum absolute atomic E-state index is 5.11. The zero-order chi connectivity index (χ0) is 44.4. The van der Waals surface area contributed by atoms with E-state index in [9.17, 15) is 0 Å². The fraction of sp³-hybridized carbons (Fsp3) is 0.0462. The van der Waals surface area contributed by atoms with E-state index in [2.05, 4.69) is 225 Å². The number of rotatable bonds is 5. The highest BCUT2D eigenvalue weighted by atomic mass is 14.7. The molecule has 12 aromatic rings. The van der Waals surface area contributed by atoms with Crippen molar-refractivity contribution >= 4 is 43.4 Å². The number of nitrogens with zero attached hydrogens (tertiary/aromatic N) is 2. The molecule has 67 heavy (non-hydrogen) atoms. The maximum Gasteiger partial charge on any atom is 0.0972 e. The van der Waals surface area contributed by atoms with Crippen LogP contribution in [0.5, 0.6) is 0 Å². The molecule has 2 nitrogen and oxygen atoms in total. The lowest BCUT2D eigenvalue weighted by molar-refractivity contribution is 0.661. The molecule has 0 amide bonds. The van der Waals surface area contributed by atoms with E-state index in [1.807, 2.05) is 12.3 Å². The molecule has 10 aromatic carbocycles. The molecule has 0 fully saturated rings. The van der Waals surface area contributed by atoms with Crippen LogP contribution in [-0.4, -0.2) is 9.97 Å². The van der Waals surface area contributed by atoms with E-state index < -0.39 is 0 Å². The third-order valence-electron chi connectivity index (χ3n) is 14.9. The second-order valence-corrected chi connectivity index (χ2v) is 18.8. The Morgan fingerprint density at radius 1 is 0.328 bits per heavy atom. The zero-order valence-electron chi connectivity index (χ0n) is 37.2. The van der Waals surface area contributed by atoms with Crippen LogP contribution in [0.2, 0.25) is 0 Å². The minimum atomic E-state index is -0.192. The molecule has 2 aromatic heterocycles. The lowest BCUT2D eigenvalue weighted by atomic mass is 9.80. The first-order valence-electron chi connectivity index (χ1n) is 23.3. The Labute approximate surface area is 389 Å². The molecule has 0 N–H and O–H groups in total. The fourth-order valence-electron chi connectivity index (χ4n) is 11.7. The molecule has 0 bridgehead atoms. The van der Waals surface area contributed by atoms with E-state index in [0.29, 0.717) is 0 Å². The second kappa shape index (κ2) is 14.3. The fourth-order valence-corrected chi connectivity index (χ4v) is 11.7. The van der Waals surface area contributed by atoms with Crippen LogP contribution in [0.1, 0.15) is 25.0 Å². The third-order valence-corrected chi connectivity index (χ3v) is 14.9. The summed E-state index contributed by atoms with van der Waals surface area (Å²) in [6.45, 7) is 4.78. The van der Waals surface area contributed by atoms with Crippen LogP contribution in [-0.2, 0) is 5.41 Å². The van der Waals surface area contributed by atoms with Crippen LogP contribution in [0.3, 0.4) is 0 Å². The summed E-state index contributed by atoms with van der Waals surface area (Å²) in [6.07, 6.45) is 1.85. The molecule has 0 saturated carbocycles. The molecule has 0 saturated heterocycles. The highest BCUT2D eigenvalue weighted by Gasteiger charge is 2.37. The largest absolute Gasteiger partial charge is 0.254 e. The van der Waals surface area contributed by atoms with E-state index in [1.54, 1.807) is 0 Å². The average molecular weight is 851 g/mol. The van der Waals surface area contributed by atoms with Gasteiger partial charge >= 0.3 is 0 Å². The van der Waals surface area contributed by atoms with E-state index in [-0.39, 0.29) is 5.41 Å². The maximum atomic E-state index is 5.11. The highest BCUT2D eigenvalue weighted by Crippen LogP contribution is 2.59. The summed E-state index contributed by atoms with van der Waals surface area (Å²) < 4.78 is 0. The summed E-state index contributed by atoms with van der Waals surface area (Å²) in [5.74, 6) is 0. The molecule has 2 heterocycles. The Morgan fingerprint density at radius 3 is 1.54 bits per heavy atom. The van der Waals surface area contributed by atoms with Crippen LogP contribution in [0.15, 0.2) is 219 Å². The summed E-state index contributed by atoms with van der Waals surface area (Å²) in [4.78, 5) is 9.78. The standard InChI is InChI=1S/C65H42N2/c1-65(2)55-37-45(39-22-24-40(25-23-39)57-35-30-44-27-26-43-17-12-36-66-63(43)64(44)67-57)28-31-48(55)49-32-29-46(38-56(49)65)47-33-34-54-60-50(47)20-11-21-53(60)61-58(41-13-5-3-6-14-41)51-18-9-10-19-52(51)59(62(54)61)42-15-7-4-8-16-42/h3-38H,1-2H3. The summed E-state index contributed by atoms with van der Waals surface area (Å²) in [5, 5.41) is 7.38. The van der Waals surface area contributed by atoms with Crippen molar-refractivity contribution in [2.75, 3.05) is 0 Å². The first-order chi connectivity index (χ1) is 33.0. The summed E-state index contributed by atoms with van der Waals surface area (Å²) in [5.41, 5.74) is 24.4. The van der Waals surface area contributed by atoms with Crippen molar-refractivity contribution in [2.45, 2.75) is 19.3 Å². The lowest BCUT2D eigenvalue weighted by Crippen LogP contribution is -2.15. The van der Waals surface area contributed by atoms with Crippen LogP contribution in [0.4, 0.5) is 0 Å². The van der Waals surface area contributed by atoms with Gasteiger partial charge in [-0.1, -0.05) is 202 Å². The monoisotopic (exact) mass is 850 g/mol. The van der Waals surface area contributed by atoms with Gasteiger partial charge in [0.05, 0.1) is 16.7 Å². The first-order valence-corrected chi connectivity index (χ1v) is 23.3. The van der Waals surface area contributed by atoms with Crippen molar-refractivity contribution < 1.29 is 0 Å². The zero-order valence-corrected chi connectivity index (χ0v) is 37.2. The minimum Gasteiger partial charge on any atom is -0.254 e. The molecule has 2 aliphatic rings. The quantitative estimate of drug-likeness (QED) is 0.161. The van der Waals surface area contributed by atoms with Gasteiger partial charge in [-0.05, 0) is 135 Å². The van der Waals surface area contributed by atoms with Gasteiger partial charge in [-0.15, -0.1) is 0 Å². The van der Waals surface area contributed by atoms with Gasteiger partial charge in [0, 0.05) is 27.9 Å². The number of hydrogen-bond acceptors (Lipinski definition) is 2. The normalized spacial score (nSPS) is 13.0. The van der Waals surface area contributed by atoms with E-state index >= 15 is 0 Å². The molecule has 14 rings (SSSR count). The molecule has 0 spiro atoms. The SMILES string of the molecule is CC1(C)c2cc(-c3ccc(-c4ccc5ccc6cccnc6c5n4)cc3)ccc2-c2ccc(-c3ccc4c5c(cccc35)-c3c-4c(-c4ccccc4)c4ccccc4c3-c3ccccc3)cc21. The third kappa shape index (κ3) is 5.57. The number of fused-ring (bicyclic) bond motifs is 10. The van der Waals surface area contributed by atoms with Crippen molar-refractivity contribution in [2.24, 2.45) is 0 Å². The van der Waals surface area contributed by atoms with E-state index in [4.69, 9.17) is 4.98 Å². The molecule has 0 aliphatic heterocycles. The van der Waals surface area contributed by atoms with Gasteiger partial charge in [0.15, 0.2) is 0 Å². The smallest absolute Gasteiger partial charge is 0.0972 e. The van der Waals surface area contributed by atoms with Crippen molar-refractivity contribution in [1.82, 2.24) is 9.97 Å². The summed E-state index contributed by atoms with van der Waals surface area (Å²) in [7, 11) is 0. The second-order valence-electron chi connectivity index (χ2n) is 18.8. The Hall–Kier alpha value is -8.46. The van der Waals surface area contributed by atoms with Crippen molar-refractivity contribution in [1.29, 1.82) is 0 Å². The Balaban J connectivity index is 0.857. The van der Waals surface area contributed by atoms with Crippen LogP contribution in [0.25, 0.3) is 132 Å². The Kier molecular flexibility index (Phi) is 8.06. The predicted molar refractivity (Wildman–Crippen MR) is 281 cm³/mol. The van der Waals surface area contributed by atoms with Crippen LogP contribution < -0.4 is 0 Å². The van der Waals surface area contributed by atoms with E-state index in [0.717, 1.165) is 33.1 Å². The molecule has 0 radical (unpaired) electrons.